The largest absolute Gasteiger partial charge is 0.478 e. The van der Waals surface area contributed by atoms with Crippen LogP contribution in [0.5, 0.6) is 0 Å². The maximum absolute atomic E-state index is 11.1. The number of carboxylic acids is 1. The maximum Gasteiger partial charge on any atom is 0.339 e. The van der Waals surface area contributed by atoms with E-state index in [4.69, 9.17) is 5.11 Å². The van der Waals surface area contributed by atoms with E-state index in [1.165, 1.54) is 6.20 Å². The Morgan fingerprint density at radius 2 is 1.50 bits per heavy atom. The van der Waals surface area contributed by atoms with Crippen molar-refractivity contribution in [3.05, 3.63) is 66.4 Å². The van der Waals surface area contributed by atoms with Gasteiger partial charge in [0.2, 0.25) is 0 Å². The summed E-state index contributed by atoms with van der Waals surface area (Å²) >= 11 is 0. The molecule has 0 fully saturated rings. The van der Waals surface area contributed by atoms with Crippen molar-refractivity contribution in [2.45, 2.75) is 0 Å². The van der Waals surface area contributed by atoms with Gasteiger partial charge in [0.05, 0.1) is 11.9 Å². The van der Waals surface area contributed by atoms with E-state index in [-0.39, 0.29) is 5.56 Å². The van der Waals surface area contributed by atoms with E-state index in [1.807, 2.05) is 54.6 Å². The quantitative estimate of drug-likeness (QED) is 0.761. The zero-order chi connectivity index (χ0) is 13.9. The van der Waals surface area contributed by atoms with Gasteiger partial charge in [-0.3, -0.25) is 5.10 Å². The second kappa shape index (κ2) is 5.01. The van der Waals surface area contributed by atoms with Crippen molar-refractivity contribution < 1.29 is 9.90 Å². The first-order valence-corrected chi connectivity index (χ1v) is 6.18. The molecule has 0 aliphatic rings. The van der Waals surface area contributed by atoms with Crippen molar-refractivity contribution in [1.29, 1.82) is 0 Å². The van der Waals surface area contributed by atoms with Crippen molar-refractivity contribution in [2.24, 2.45) is 0 Å². The molecule has 2 N–H and O–H groups in total. The Morgan fingerprint density at radius 3 is 2.15 bits per heavy atom. The highest BCUT2D eigenvalue weighted by molar-refractivity contribution is 5.94. The standard InChI is InChI=1S/C16H12N2O2/c19-16(20)14-10-17-18-15(14)13-8-6-12(7-9-13)11-4-2-1-3-5-11/h1-10H,(H,17,18)(H,19,20). The highest BCUT2D eigenvalue weighted by atomic mass is 16.4. The first-order chi connectivity index (χ1) is 9.75. The van der Waals surface area contributed by atoms with Crippen LogP contribution in [0.1, 0.15) is 10.4 Å². The second-order valence-electron chi connectivity index (χ2n) is 4.41. The van der Waals surface area contributed by atoms with Gasteiger partial charge in [-0.2, -0.15) is 5.10 Å². The molecule has 1 heterocycles. The molecular formula is C16H12N2O2. The van der Waals surface area contributed by atoms with Gasteiger partial charge in [0, 0.05) is 5.56 Å². The third-order valence-electron chi connectivity index (χ3n) is 3.15. The summed E-state index contributed by atoms with van der Waals surface area (Å²) in [6.07, 6.45) is 1.32. The highest BCUT2D eigenvalue weighted by Crippen LogP contribution is 2.25. The third kappa shape index (κ3) is 2.19. The number of aromatic carboxylic acids is 1. The summed E-state index contributed by atoms with van der Waals surface area (Å²) in [5.74, 6) is -0.985. The molecule has 3 rings (SSSR count). The summed E-state index contributed by atoms with van der Waals surface area (Å²) in [6.45, 7) is 0. The molecule has 0 spiro atoms. The number of hydrogen-bond acceptors (Lipinski definition) is 2. The van der Waals surface area contributed by atoms with Crippen LogP contribution in [0.2, 0.25) is 0 Å². The monoisotopic (exact) mass is 264 g/mol. The summed E-state index contributed by atoms with van der Waals surface area (Å²) in [7, 11) is 0. The number of aromatic amines is 1. The lowest BCUT2D eigenvalue weighted by Crippen LogP contribution is -1.96. The fourth-order valence-corrected chi connectivity index (χ4v) is 2.13. The number of benzene rings is 2. The normalized spacial score (nSPS) is 10.4. The van der Waals surface area contributed by atoms with Crippen LogP contribution in [-0.4, -0.2) is 21.3 Å². The third-order valence-corrected chi connectivity index (χ3v) is 3.15. The van der Waals surface area contributed by atoms with Crippen LogP contribution in [0.3, 0.4) is 0 Å². The zero-order valence-corrected chi connectivity index (χ0v) is 10.6. The minimum atomic E-state index is -0.985. The van der Waals surface area contributed by atoms with Gasteiger partial charge in [0.15, 0.2) is 0 Å². The molecule has 0 saturated heterocycles. The molecule has 4 heteroatoms. The Morgan fingerprint density at radius 1 is 0.900 bits per heavy atom. The number of carboxylic acid groups (broad SMARTS) is 1. The molecule has 2 aromatic carbocycles. The SMILES string of the molecule is O=C(O)c1cn[nH]c1-c1ccc(-c2ccccc2)cc1. The van der Waals surface area contributed by atoms with E-state index in [0.717, 1.165) is 16.7 Å². The van der Waals surface area contributed by atoms with Crippen molar-refractivity contribution in [3.63, 3.8) is 0 Å². The first kappa shape index (κ1) is 12.2. The molecule has 4 nitrogen and oxygen atoms in total. The van der Waals surface area contributed by atoms with Crippen LogP contribution in [0.25, 0.3) is 22.4 Å². The number of hydrogen-bond donors (Lipinski definition) is 2. The van der Waals surface area contributed by atoms with Crippen LogP contribution in [0.15, 0.2) is 60.8 Å². The van der Waals surface area contributed by atoms with Crippen LogP contribution in [0.4, 0.5) is 0 Å². The van der Waals surface area contributed by atoms with Crippen molar-refractivity contribution >= 4 is 5.97 Å². The molecular weight excluding hydrogens is 252 g/mol. The number of carbonyl (C=O) groups is 1. The lowest BCUT2D eigenvalue weighted by molar-refractivity contribution is 0.0698. The van der Waals surface area contributed by atoms with Gasteiger partial charge in [-0.05, 0) is 11.1 Å². The average molecular weight is 264 g/mol. The average Bonchev–Trinajstić information content (AvgIpc) is 2.98. The lowest BCUT2D eigenvalue weighted by Gasteiger charge is -2.04. The Bertz CT molecular complexity index is 731. The molecule has 0 radical (unpaired) electrons. The van der Waals surface area contributed by atoms with Gasteiger partial charge in [-0.15, -0.1) is 0 Å². The molecule has 0 aliphatic carbocycles. The fourth-order valence-electron chi connectivity index (χ4n) is 2.13. The van der Waals surface area contributed by atoms with E-state index < -0.39 is 5.97 Å². The Balaban J connectivity index is 1.98. The van der Waals surface area contributed by atoms with Crippen molar-refractivity contribution in [2.75, 3.05) is 0 Å². The molecule has 0 bridgehead atoms. The summed E-state index contributed by atoms with van der Waals surface area (Å²) in [6, 6.07) is 17.7. The van der Waals surface area contributed by atoms with E-state index >= 15 is 0 Å². The summed E-state index contributed by atoms with van der Waals surface area (Å²) in [4.78, 5) is 11.1. The first-order valence-electron chi connectivity index (χ1n) is 6.18. The highest BCUT2D eigenvalue weighted by Gasteiger charge is 2.13. The maximum atomic E-state index is 11.1. The summed E-state index contributed by atoms with van der Waals surface area (Å²) < 4.78 is 0. The molecule has 0 saturated carbocycles. The predicted molar refractivity (Wildman–Crippen MR) is 76.4 cm³/mol. The Labute approximate surface area is 115 Å². The molecule has 98 valence electrons. The number of aromatic nitrogens is 2. The fraction of sp³-hybridized carbons (Fsp3) is 0. The summed E-state index contributed by atoms with van der Waals surface area (Å²) in [5.41, 5.74) is 3.72. The van der Waals surface area contributed by atoms with Gasteiger partial charge >= 0.3 is 5.97 Å². The van der Waals surface area contributed by atoms with E-state index in [1.54, 1.807) is 0 Å². The van der Waals surface area contributed by atoms with Crippen LogP contribution < -0.4 is 0 Å². The molecule has 0 atom stereocenters. The topological polar surface area (TPSA) is 66.0 Å². The molecule has 0 aliphatic heterocycles. The molecule has 0 unspecified atom stereocenters. The van der Waals surface area contributed by atoms with Crippen molar-refractivity contribution in [3.8, 4) is 22.4 Å². The zero-order valence-electron chi connectivity index (χ0n) is 10.6. The molecule has 20 heavy (non-hydrogen) atoms. The van der Waals surface area contributed by atoms with Crippen molar-refractivity contribution in [1.82, 2.24) is 10.2 Å². The number of rotatable bonds is 3. The molecule has 1 aromatic heterocycles. The van der Waals surface area contributed by atoms with Crippen LogP contribution >= 0.6 is 0 Å². The van der Waals surface area contributed by atoms with Gasteiger partial charge < -0.3 is 5.11 Å². The van der Waals surface area contributed by atoms with Gasteiger partial charge in [-0.1, -0.05) is 54.6 Å². The number of H-pyrrole nitrogens is 1. The van der Waals surface area contributed by atoms with Crippen LogP contribution in [0, 0.1) is 0 Å². The second-order valence-corrected chi connectivity index (χ2v) is 4.41. The number of nitrogens with one attached hydrogen (secondary N) is 1. The smallest absolute Gasteiger partial charge is 0.339 e. The Kier molecular flexibility index (Phi) is 3.05. The number of nitrogens with zero attached hydrogens (tertiary/aromatic N) is 1. The van der Waals surface area contributed by atoms with Crippen LogP contribution in [-0.2, 0) is 0 Å². The van der Waals surface area contributed by atoms with E-state index in [9.17, 15) is 4.79 Å². The van der Waals surface area contributed by atoms with Gasteiger partial charge in [0.25, 0.3) is 0 Å². The Hall–Kier alpha value is -2.88. The van der Waals surface area contributed by atoms with Gasteiger partial charge in [-0.25, -0.2) is 4.79 Å². The minimum Gasteiger partial charge on any atom is -0.478 e. The van der Waals surface area contributed by atoms with E-state index in [2.05, 4.69) is 10.2 Å². The van der Waals surface area contributed by atoms with Gasteiger partial charge in [0.1, 0.15) is 5.56 Å². The molecule has 0 amide bonds. The lowest BCUT2D eigenvalue weighted by atomic mass is 10.0. The molecule has 3 aromatic rings. The predicted octanol–water partition coefficient (Wildman–Crippen LogP) is 3.44. The summed E-state index contributed by atoms with van der Waals surface area (Å²) in [5, 5.41) is 15.6. The minimum absolute atomic E-state index is 0.178. The van der Waals surface area contributed by atoms with E-state index in [0.29, 0.717) is 5.69 Å².